The number of alkyl halides is 3. The van der Waals surface area contributed by atoms with E-state index in [4.69, 9.17) is 22.1 Å². The van der Waals surface area contributed by atoms with Gasteiger partial charge in [0, 0.05) is 19.6 Å². The molecule has 4 nitrogen and oxygen atoms in total. The van der Waals surface area contributed by atoms with Crippen LogP contribution in [0.3, 0.4) is 0 Å². The quantitative estimate of drug-likeness (QED) is 0.248. The lowest BCUT2D eigenvalue weighted by Gasteiger charge is -2.27. The Hall–Kier alpha value is -2.74. The maximum Gasteiger partial charge on any atom is 0.417 e. The van der Waals surface area contributed by atoms with Crippen LogP contribution in [-0.4, -0.2) is 30.5 Å². The van der Waals surface area contributed by atoms with Gasteiger partial charge in [-0.1, -0.05) is 73.1 Å². The van der Waals surface area contributed by atoms with Gasteiger partial charge in [-0.25, -0.2) is 0 Å². The molecule has 0 aromatic heterocycles. The second-order valence-electron chi connectivity index (χ2n) is 8.82. The van der Waals surface area contributed by atoms with Crippen molar-refractivity contribution in [3.63, 3.8) is 0 Å². The zero-order valence-electron chi connectivity index (χ0n) is 20.5. The first-order valence-electron chi connectivity index (χ1n) is 11.8. The van der Waals surface area contributed by atoms with E-state index in [0.29, 0.717) is 37.4 Å². The predicted octanol–water partition coefficient (Wildman–Crippen LogP) is 6.88. The highest BCUT2D eigenvalue weighted by Gasteiger charge is 2.34. The number of carbonyl (C=O) groups is 1. The zero-order chi connectivity index (χ0) is 26.1. The first-order chi connectivity index (χ1) is 17.1. The van der Waals surface area contributed by atoms with E-state index in [2.05, 4.69) is 11.8 Å². The van der Waals surface area contributed by atoms with Crippen molar-refractivity contribution in [2.45, 2.75) is 38.4 Å². The molecule has 0 fully saturated rings. The maximum atomic E-state index is 13.4. The largest absolute Gasteiger partial charge is 0.494 e. The van der Waals surface area contributed by atoms with Crippen molar-refractivity contribution >= 4 is 29.9 Å². The number of benzene rings is 3. The van der Waals surface area contributed by atoms with Gasteiger partial charge in [0.05, 0.1) is 23.6 Å². The van der Waals surface area contributed by atoms with Gasteiger partial charge in [0.2, 0.25) is 5.91 Å². The smallest absolute Gasteiger partial charge is 0.417 e. The van der Waals surface area contributed by atoms with Gasteiger partial charge in [0.25, 0.3) is 0 Å². The number of primary amides is 1. The Kier molecular flexibility index (Phi) is 11.8. The van der Waals surface area contributed by atoms with Gasteiger partial charge in [0.15, 0.2) is 0 Å². The molecular weight excluding hydrogens is 524 g/mol. The highest BCUT2D eigenvalue weighted by molar-refractivity contribution is 6.32. The third-order valence-corrected chi connectivity index (χ3v) is 6.29. The number of rotatable bonds is 12. The number of ether oxygens (including phenoxy) is 1. The predicted molar refractivity (Wildman–Crippen MR) is 143 cm³/mol. The Bertz CT molecular complexity index is 1140. The Morgan fingerprint density at radius 1 is 1.05 bits per heavy atom. The van der Waals surface area contributed by atoms with Gasteiger partial charge in [-0.3, -0.25) is 9.69 Å². The summed E-state index contributed by atoms with van der Waals surface area (Å²) in [4.78, 5) is 13.3. The molecule has 37 heavy (non-hydrogen) atoms. The molecule has 0 heterocycles. The minimum atomic E-state index is -4.51. The van der Waals surface area contributed by atoms with Gasteiger partial charge in [-0.05, 0) is 47.2 Å². The molecule has 0 radical (unpaired) electrons. The van der Waals surface area contributed by atoms with Crippen molar-refractivity contribution in [2.75, 3.05) is 19.7 Å². The van der Waals surface area contributed by atoms with Gasteiger partial charge in [-0.15, -0.1) is 12.4 Å². The molecule has 0 saturated carbocycles. The second-order valence-corrected chi connectivity index (χ2v) is 9.19. The van der Waals surface area contributed by atoms with E-state index in [0.717, 1.165) is 17.2 Å². The van der Waals surface area contributed by atoms with Crippen molar-refractivity contribution in [2.24, 2.45) is 5.73 Å². The molecule has 200 valence electrons. The molecular formula is C28H31Cl2F3N2O2. The summed E-state index contributed by atoms with van der Waals surface area (Å²) in [7, 11) is 0. The zero-order valence-corrected chi connectivity index (χ0v) is 22.1. The first kappa shape index (κ1) is 30.5. The summed E-state index contributed by atoms with van der Waals surface area (Å²) in [6.07, 6.45) is -3.72. The average molecular weight is 555 g/mol. The van der Waals surface area contributed by atoms with Crippen molar-refractivity contribution in [3.8, 4) is 5.75 Å². The Balaban J connectivity index is 0.00000481. The van der Waals surface area contributed by atoms with E-state index < -0.39 is 17.6 Å². The molecule has 0 spiro atoms. The molecule has 2 N–H and O–H groups in total. The molecule has 0 aliphatic rings. The molecule has 0 bridgehead atoms. The van der Waals surface area contributed by atoms with E-state index >= 15 is 0 Å². The second kappa shape index (κ2) is 14.3. The van der Waals surface area contributed by atoms with E-state index in [-0.39, 0.29) is 36.3 Å². The van der Waals surface area contributed by atoms with E-state index in [1.807, 2.05) is 42.5 Å². The van der Waals surface area contributed by atoms with Crippen LogP contribution in [0.1, 0.15) is 41.5 Å². The summed E-state index contributed by atoms with van der Waals surface area (Å²) in [6, 6.07) is 21.2. The number of nitrogens with zero attached hydrogens (tertiary/aromatic N) is 1. The van der Waals surface area contributed by atoms with Crippen molar-refractivity contribution < 1.29 is 22.7 Å². The molecule has 0 aliphatic heterocycles. The van der Waals surface area contributed by atoms with Crippen LogP contribution in [0.4, 0.5) is 13.2 Å². The Labute approximate surface area is 227 Å². The molecule has 1 amide bonds. The molecule has 3 aromatic carbocycles. The fourth-order valence-electron chi connectivity index (χ4n) is 4.10. The van der Waals surface area contributed by atoms with Crippen LogP contribution in [0.25, 0.3) is 0 Å². The summed E-state index contributed by atoms with van der Waals surface area (Å²) >= 11 is 6.18. The number of hydrogen-bond acceptors (Lipinski definition) is 3. The van der Waals surface area contributed by atoms with Crippen LogP contribution in [0.15, 0.2) is 72.8 Å². The number of amides is 1. The van der Waals surface area contributed by atoms with E-state index in [1.54, 1.807) is 18.2 Å². The fraction of sp³-hybridized carbons (Fsp3) is 0.321. The summed E-state index contributed by atoms with van der Waals surface area (Å²) in [5, 5.41) is -0.259. The van der Waals surface area contributed by atoms with Gasteiger partial charge in [0.1, 0.15) is 5.75 Å². The maximum absolute atomic E-state index is 13.4. The van der Waals surface area contributed by atoms with Gasteiger partial charge < -0.3 is 10.5 Å². The minimum Gasteiger partial charge on any atom is -0.494 e. The normalized spacial score (nSPS) is 12.2. The van der Waals surface area contributed by atoms with E-state index in [9.17, 15) is 18.0 Å². The topological polar surface area (TPSA) is 55.6 Å². The van der Waals surface area contributed by atoms with Crippen molar-refractivity contribution in [1.29, 1.82) is 0 Å². The van der Waals surface area contributed by atoms with Crippen LogP contribution >= 0.6 is 24.0 Å². The van der Waals surface area contributed by atoms with Crippen molar-refractivity contribution in [3.05, 3.63) is 100 Å². The Morgan fingerprint density at radius 2 is 1.76 bits per heavy atom. The summed E-state index contributed by atoms with van der Waals surface area (Å²) < 4.78 is 45.9. The fourth-order valence-corrected chi connectivity index (χ4v) is 4.39. The van der Waals surface area contributed by atoms with E-state index in [1.165, 1.54) is 6.07 Å². The standard InChI is InChI=1S/C28H30ClF3N2O2.ClH/c1-20(22-9-3-2-4-10-22)18-34(19-23-11-6-13-25(27(23)29)28(30,31)32)14-7-15-36-24-12-5-8-21(16-24)17-26(33)35;/h2-6,8-13,16,20H,7,14-15,17-19H2,1H3,(H2,33,35);1H. The van der Waals surface area contributed by atoms with Crippen LogP contribution in [0.5, 0.6) is 5.75 Å². The summed E-state index contributed by atoms with van der Waals surface area (Å²) in [5.74, 6) is 0.393. The molecule has 9 heteroatoms. The number of halogens is 5. The molecule has 3 rings (SSSR count). The monoisotopic (exact) mass is 554 g/mol. The molecule has 1 unspecified atom stereocenters. The van der Waals surface area contributed by atoms with Crippen LogP contribution in [0, 0.1) is 0 Å². The summed E-state index contributed by atoms with van der Waals surface area (Å²) in [5.41, 5.74) is 6.80. The Morgan fingerprint density at radius 3 is 2.43 bits per heavy atom. The molecule has 0 saturated heterocycles. The molecule has 1 atom stereocenters. The lowest BCUT2D eigenvalue weighted by atomic mass is 10.00. The highest BCUT2D eigenvalue weighted by atomic mass is 35.5. The lowest BCUT2D eigenvalue weighted by Crippen LogP contribution is -2.30. The molecule has 3 aromatic rings. The highest BCUT2D eigenvalue weighted by Crippen LogP contribution is 2.36. The number of hydrogen-bond donors (Lipinski definition) is 1. The SMILES string of the molecule is CC(CN(CCCOc1cccc(CC(N)=O)c1)Cc1cccc(C(F)(F)F)c1Cl)c1ccccc1.Cl. The van der Waals surface area contributed by atoms with Crippen LogP contribution in [0.2, 0.25) is 5.02 Å². The third-order valence-electron chi connectivity index (χ3n) is 5.84. The number of carbonyl (C=O) groups excluding carboxylic acids is 1. The minimum absolute atomic E-state index is 0. The van der Waals surface area contributed by atoms with Gasteiger partial charge in [-0.2, -0.15) is 13.2 Å². The lowest BCUT2D eigenvalue weighted by molar-refractivity contribution is -0.137. The summed E-state index contributed by atoms with van der Waals surface area (Å²) in [6.45, 7) is 4.03. The third kappa shape index (κ3) is 9.58. The molecule has 0 aliphatic carbocycles. The van der Waals surface area contributed by atoms with Crippen LogP contribution < -0.4 is 10.5 Å². The number of nitrogens with two attached hydrogens (primary N) is 1. The first-order valence-corrected chi connectivity index (χ1v) is 12.1. The average Bonchev–Trinajstić information content (AvgIpc) is 2.82. The van der Waals surface area contributed by atoms with Crippen molar-refractivity contribution in [1.82, 2.24) is 4.90 Å². The van der Waals surface area contributed by atoms with Gasteiger partial charge >= 0.3 is 6.18 Å². The van der Waals surface area contributed by atoms with Crippen LogP contribution in [-0.2, 0) is 23.9 Å².